The van der Waals surface area contributed by atoms with Crippen LogP contribution in [0.5, 0.6) is 0 Å². The molecule has 0 unspecified atom stereocenters. The fraction of sp³-hybridized carbons (Fsp3) is 0. The number of rotatable bonds is 1. The Hall–Kier alpha value is -0.800. The number of hydrogen-bond donors (Lipinski definition) is 1. The summed E-state index contributed by atoms with van der Waals surface area (Å²) in [6.07, 6.45) is 0. The van der Waals surface area contributed by atoms with Crippen molar-refractivity contribution in [2.24, 2.45) is 0 Å². The molecule has 1 N–H and O–H groups in total. The third-order valence-electron chi connectivity index (χ3n) is 1.24. The van der Waals surface area contributed by atoms with E-state index in [0.717, 1.165) is 12.1 Å². The molecule has 0 radical (unpaired) electrons. The zero-order valence-corrected chi connectivity index (χ0v) is 7.16. The Morgan fingerprint density at radius 3 is 2.42 bits per heavy atom. The van der Waals surface area contributed by atoms with Crippen molar-refractivity contribution in [3.63, 3.8) is 0 Å². The second-order valence-electron chi connectivity index (χ2n) is 2.05. The van der Waals surface area contributed by atoms with Crippen LogP contribution in [0.15, 0.2) is 12.1 Å². The van der Waals surface area contributed by atoms with Crippen LogP contribution < -0.4 is 0 Å². The number of hydrogen-bond acceptors (Lipinski definition) is 1. The predicted molar refractivity (Wildman–Crippen MR) is 43.4 cm³/mol. The van der Waals surface area contributed by atoms with Crippen LogP contribution in [0.2, 0.25) is 10.0 Å². The Morgan fingerprint density at radius 2 is 1.92 bits per heavy atom. The Balaban J connectivity index is 3.33. The lowest BCUT2D eigenvalue weighted by Crippen LogP contribution is -1.98. The number of aromatic carboxylic acids is 1. The summed E-state index contributed by atoms with van der Waals surface area (Å²) in [5.41, 5.74) is -0.293. The molecular formula is C7H3Cl2FO2. The van der Waals surface area contributed by atoms with Gasteiger partial charge in [0.25, 0.3) is 0 Å². The first-order chi connectivity index (χ1) is 5.52. The van der Waals surface area contributed by atoms with E-state index in [-0.39, 0.29) is 15.6 Å². The molecule has 0 aromatic heterocycles. The van der Waals surface area contributed by atoms with Crippen LogP contribution in [0.3, 0.4) is 0 Å². The molecule has 0 amide bonds. The van der Waals surface area contributed by atoms with Gasteiger partial charge in [0.05, 0.1) is 15.6 Å². The summed E-state index contributed by atoms with van der Waals surface area (Å²) in [5.74, 6) is -2.07. The summed E-state index contributed by atoms with van der Waals surface area (Å²) in [4.78, 5) is 10.4. The van der Waals surface area contributed by atoms with Crippen molar-refractivity contribution < 1.29 is 14.3 Å². The monoisotopic (exact) mass is 208 g/mol. The lowest BCUT2D eigenvalue weighted by molar-refractivity contribution is 0.0696. The van der Waals surface area contributed by atoms with Gasteiger partial charge in [-0.1, -0.05) is 23.2 Å². The van der Waals surface area contributed by atoms with E-state index < -0.39 is 11.8 Å². The molecule has 1 aromatic rings. The standard InChI is InChI=1S/C7H3Cl2FO2/c8-4-2-5(9)6(10)1-3(4)7(11)12/h1-2H,(H,11,12). The van der Waals surface area contributed by atoms with E-state index in [2.05, 4.69) is 0 Å². The predicted octanol–water partition coefficient (Wildman–Crippen LogP) is 2.83. The van der Waals surface area contributed by atoms with Crippen LogP contribution in [-0.4, -0.2) is 11.1 Å². The molecule has 1 rings (SSSR count). The van der Waals surface area contributed by atoms with Gasteiger partial charge in [-0.15, -0.1) is 0 Å². The van der Waals surface area contributed by atoms with Crippen molar-refractivity contribution in [2.75, 3.05) is 0 Å². The van der Waals surface area contributed by atoms with Crippen molar-refractivity contribution in [3.05, 3.63) is 33.6 Å². The van der Waals surface area contributed by atoms with Gasteiger partial charge in [0, 0.05) is 0 Å². The third kappa shape index (κ3) is 1.68. The van der Waals surface area contributed by atoms with Gasteiger partial charge in [-0.2, -0.15) is 0 Å². The molecule has 0 saturated carbocycles. The van der Waals surface area contributed by atoms with Gasteiger partial charge < -0.3 is 5.11 Å². The number of benzene rings is 1. The number of halogens is 3. The SMILES string of the molecule is O=C(O)c1cc(F)c(Cl)cc1Cl. The van der Waals surface area contributed by atoms with Gasteiger partial charge in [0.1, 0.15) is 5.82 Å². The van der Waals surface area contributed by atoms with Crippen LogP contribution in [0.25, 0.3) is 0 Å². The summed E-state index contributed by atoms with van der Waals surface area (Å²) in [7, 11) is 0. The van der Waals surface area contributed by atoms with E-state index >= 15 is 0 Å². The molecule has 0 heterocycles. The molecule has 0 bridgehead atoms. The van der Waals surface area contributed by atoms with E-state index in [9.17, 15) is 9.18 Å². The van der Waals surface area contributed by atoms with Crippen LogP contribution in [0.1, 0.15) is 10.4 Å². The van der Waals surface area contributed by atoms with E-state index in [0.29, 0.717) is 0 Å². The fourth-order valence-corrected chi connectivity index (χ4v) is 1.15. The zero-order valence-electron chi connectivity index (χ0n) is 5.64. The van der Waals surface area contributed by atoms with Crippen LogP contribution >= 0.6 is 23.2 Å². The second-order valence-corrected chi connectivity index (χ2v) is 2.87. The Labute approximate surface area is 77.5 Å². The highest BCUT2D eigenvalue weighted by Crippen LogP contribution is 2.23. The highest BCUT2D eigenvalue weighted by atomic mass is 35.5. The summed E-state index contributed by atoms with van der Waals surface area (Å²) in [5, 5.41) is 8.22. The molecule has 1 aromatic carbocycles. The molecule has 0 aliphatic heterocycles. The fourth-order valence-electron chi connectivity index (χ4n) is 0.686. The molecule has 64 valence electrons. The summed E-state index contributed by atoms with van der Waals surface area (Å²) in [6.45, 7) is 0. The average Bonchev–Trinajstić information content (AvgIpc) is 1.96. The summed E-state index contributed by atoms with van der Waals surface area (Å²) in [6, 6.07) is 1.84. The van der Waals surface area contributed by atoms with E-state index in [1.54, 1.807) is 0 Å². The largest absolute Gasteiger partial charge is 0.478 e. The molecule has 12 heavy (non-hydrogen) atoms. The zero-order chi connectivity index (χ0) is 9.30. The maximum Gasteiger partial charge on any atom is 0.337 e. The van der Waals surface area contributed by atoms with Gasteiger partial charge in [0.2, 0.25) is 0 Å². The number of carboxylic acid groups (broad SMARTS) is 1. The Bertz CT molecular complexity index is 338. The molecular weight excluding hydrogens is 206 g/mol. The van der Waals surface area contributed by atoms with Gasteiger partial charge in [0.15, 0.2) is 0 Å². The van der Waals surface area contributed by atoms with Crippen molar-refractivity contribution in [3.8, 4) is 0 Å². The highest BCUT2D eigenvalue weighted by Gasteiger charge is 2.12. The van der Waals surface area contributed by atoms with Crippen LogP contribution in [0.4, 0.5) is 4.39 Å². The van der Waals surface area contributed by atoms with Gasteiger partial charge in [-0.05, 0) is 12.1 Å². The first-order valence-electron chi connectivity index (χ1n) is 2.90. The van der Waals surface area contributed by atoms with Crippen molar-refractivity contribution in [1.82, 2.24) is 0 Å². The molecule has 2 nitrogen and oxygen atoms in total. The highest BCUT2D eigenvalue weighted by molar-refractivity contribution is 6.36. The molecule has 0 aliphatic carbocycles. The minimum absolute atomic E-state index is 0.0751. The van der Waals surface area contributed by atoms with Crippen molar-refractivity contribution in [2.45, 2.75) is 0 Å². The van der Waals surface area contributed by atoms with Crippen molar-refractivity contribution in [1.29, 1.82) is 0 Å². The first kappa shape index (κ1) is 9.29. The van der Waals surface area contributed by atoms with Gasteiger partial charge in [-0.3, -0.25) is 0 Å². The Kier molecular flexibility index (Phi) is 2.55. The smallest absolute Gasteiger partial charge is 0.337 e. The molecule has 0 spiro atoms. The quantitative estimate of drug-likeness (QED) is 0.722. The number of carboxylic acids is 1. The summed E-state index contributed by atoms with van der Waals surface area (Å²) >= 11 is 10.8. The van der Waals surface area contributed by atoms with E-state index in [1.807, 2.05) is 0 Å². The molecule has 5 heteroatoms. The Morgan fingerprint density at radius 1 is 1.33 bits per heavy atom. The molecule has 0 atom stereocenters. The van der Waals surface area contributed by atoms with E-state index in [4.69, 9.17) is 28.3 Å². The molecule has 0 fully saturated rings. The lowest BCUT2D eigenvalue weighted by atomic mass is 10.2. The van der Waals surface area contributed by atoms with Crippen LogP contribution in [0, 0.1) is 5.82 Å². The average molecular weight is 209 g/mol. The second kappa shape index (κ2) is 3.29. The van der Waals surface area contributed by atoms with Crippen molar-refractivity contribution >= 4 is 29.2 Å². The molecule has 0 saturated heterocycles. The topological polar surface area (TPSA) is 37.3 Å². The van der Waals surface area contributed by atoms with Gasteiger partial charge >= 0.3 is 5.97 Å². The lowest BCUT2D eigenvalue weighted by Gasteiger charge is -1.99. The number of carbonyl (C=O) groups is 1. The minimum atomic E-state index is -1.28. The first-order valence-corrected chi connectivity index (χ1v) is 3.66. The van der Waals surface area contributed by atoms with E-state index in [1.165, 1.54) is 0 Å². The maximum atomic E-state index is 12.7. The normalized spacial score (nSPS) is 9.92. The third-order valence-corrected chi connectivity index (χ3v) is 1.84. The van der Waals surface area contributed by atoms with Gasteiger partial charge in [-0.25, -0.2) is 9.18 Å². The summed E-state index contributed by atoms with van der Waals surface area (Å²) < 4.78 is 12.7. The van der Waals surface area contributed by atoms with Crippen LogP contribution in [-0.2, 0) is 0 Å². The maximum absolute atomic E-state index is 12.7. The molecule has 0 aliphatic rings. The minimum Gasteiger partial charge on any atom is -0.478 e.